The van der Waals surface area contributed by atoms with Crippen LogP contribution in [-0.4, -0.2) is 21.1 Å². The van der Waals surface area contributed by atoms with E-state index in [1.807, 2.05) is 0 Å². The van der Waals surface area contributed by atoms with E-state index < -0.39 is 12.6 Å². The van der Waals surface area contributed by atoms with Crippen LogP contribution in [0.1, 0.15) is 5.82 Å². The minimum absolute atomic E-state index is 0.204. The van der Waals surface area contributed by atoms with Crippen molar-refractivity contribution in [2.45, 2.75) is 12.6 Å². The molecule has 0 amide bonds. The van der Waals surface area contributed by atoms with Crippen molar-refractivity contribution >= 4 is 5.95 Å². The number of nitrogens with zero attached hydrogens (tertiary/aromatic N) is 3. The summed E-state index contributed by atoms with van der Waals surface area (Å²) < 4.78 is 35.2. The van der Waals surface area contributed by atoms with Crippen LogP contribution in [0.3, 0.4) is 0 Å². The van der Waals surface area contributed by atoms with E-state index >= 15 is 0 Å². The number of hydrogen-bond acceptors (Lipinski definition) is 4. The molecule has 0 radical (unpaired) electrons. The van der Waals surface area contributed by atoms with E-state index in [9.17, 15) is 13.2 Å². The largest absolute Gasteiger partial charge is 0.396 e. The lowest BCUT2D eigenvalue weighted by Gasteiger charge is -2.03. The second-order valence-electron chi connectivity index (χ2n) is 2.05. The summed E-state index contributed by atoms with van der Waals surface area (Å²) in [5.74, 6) is -0.570. The standard InChI is InChI=1S/C5H5F3N4/c6-5(7,8)1-3-10-2-11-4(9)12-3/h2H,1H2,(H2,9,10,11,12). The van der Waals surface area contributed by atoms with Crippen molar-refractivity contribution in [3.05, 3.63) is 12.2 Å². The maximum Gasteiger partial charge on any atom is 0.396 e. The highest BCUT2D eigenvalue weighted by Crippen LogP contribution is 2.18. The molecule has 0 atom stereocenters. The van der Waals surface area contributed by atoms with Crippen LogP contribution in [-0.2, 0) is 6.42 Å². The minimum atomic E-state index is -4.31. The molecule has 66 valence electrons. The van der Waals surface area contributed by atoms with Crippen molar-refractivity contribution in [2.24, 2.45) is 0 Å². The van der Waals surface area contributed by atoms with Gasteiger partial charge in [-0.05, 0) is 0 Å². The third-order valence-corrected chi connectivity index (χ3v) is 0.999. The molecule has 7 heteroatoms. The van der Waals surface area contributed by atoms with Crippen LogP contribution >= 0.6 is 0 Å². The molecule has 0 unspecified atom stereocenters. The molecule has 0 aliphatic carbocycles. The van der Waals surface area contributed by atoms with E-state index in [-0.39, 0.29) is 11.8 Å². The first-order valence-electron chi connectivity index (χ1n) is 2.97. The van der Waals surface area contributed by atoms with Gasteiger partial charge in [0, 0.05) is 0 Å². The zero-order valence-corrected chi connectivity index (χ0v) is 5.84. The van der Waals surface area contributed by atoms with Gasteiger partial charge >= 0.3 is 6.18 Å². The molecule has 12 heavy (non-hydrogen) atoms. The quantitative estimate of drug-likeness (QED) is 0.682. The van der Waals surface area contributed by atoms with Crippen molar-refractivity contribution in [3.63, 3.8) is 0 Å². The highest BCUT2D eigenvalue weighted by Gasteiger charge is 2.29. The topological polar surface area (TPSA) is 64.7 Å². The zero-order valence-electron chi connectivity index (χ0n) is 5.84. The number of hydrogen-bond donors (Lipinski definition) is 1. The van der Waals surface area contributed by atoms with Crippen molar-refractivity contribution in [3.8, 4) is 0 Å². The fourth-order valence-corrected chi connectivity index (χ4v) is 0.609. The van der Waals surface area contributed by atoms with Crippen LogP contribution in [0.5, 0.6) is 0 Å². The molecule has 0 saturated heterocycles. The Hall–Kier alpha value is -1.40. The second-order valence-corrected chi connectivity index (χ2v) is 2.05. The number of alkyl halides is 3. The first-order valence-corrected chi connectivity index (χ1v) is 2.97. The Bertz CT molecular complexity index is 272. The molecule has 0 fully saturated rings. The Labute approximate surface area is 65.7 Å². The molecule has 0 bridgehead atoms. The van der Waals surface area contributed by atoms with Gasteiger partial charge in [-0.3, -0.25) is 0 Å². The zero-order chi connectivity index (χ0) is 9.19. The summed E-state index contributed by atoms with van der Waals surface area (Å²) in [4.78, 5) is 9.95. The molecule has 0 spiro atoms. The smallest absolute Gasteiger partial charge is 0.368 e. The van der Waals surface area contributed by atoms with E-state index in [1.165, 1.54) is 0 Å². The van der Waals surface area contributed by atoms with E-state index in [1.54, 1.807) is 0 Å². The summed E-state index contributed by atoms with van der Waals surface area (Å²) in [6.45, 7) is 0. The maximum atomic E-state index is 11.7. The van der Waals surface area contributed by atoms with Crippen LogP contribution in [0.2, 0.25) is 0 Å². The van der Waals surface area contributed by atoms with Gasteiger partial charge < -0.3 is 5.73 Å². The van der Waals surface area contributed by atoms with E-state index in [0.717, 1.165) is 6.33 Å². The number of nitrogen functional groups attached to an aromatic ring is 1. The molecule has 1 rings (SSSR count). The molecule has 1 aromatic heterocycles. The van der Waals surface area contributed by atoms with Gasteiger partial charge in [0.2, 0.25) is 5.95 Å². The average molecular weight is 178 g/mol. The van der Waals surface area contributed by atoms with Crippen molar-refractivity contribution in [1.29, 1.82) is 0 Å². The second kappa shape index (κ2) is 2.92. The van der Waals surface area contributed by atoms with Gasteiger partial charge in [0.25, 0.3) is 0 Å². The lowest BCUT2D eigenvalue weighted by atomic mass is 10.4. The summed E-state index contributed by atoms with van der Waals surface area (Å²) in [7, 11) is 0. The van der Waals surface area contributed by atoms with Gasteiger partial charge in [-0.25, -0.2) is 9.97 Å². The highest BCUT2D eigenvalue weighted by molar-refractivity contribution is 5.12. The normalized spacial score (nSPS) is 11.6. The minimum Gasteiger partial charge on any atom is -0.368 e. The van der Waals surface area contributed by atoms with Crippen LogP contribution in [0.25, 0.3) is 0 Å². The Kier molecular flexibility index (Phi) is 2.11. The summed E-state index contributed by atoms with van der Waals surface area (Å²) in [5.41, 5.74) is 5.05. The summed E-state index contributed by atoms with van der Waals surface area (Å²) in [5, 5.41) is 0. The lowest BCUT2D eigenvalue weighted by Crippen LogP contribution is -2.15. The Morgan fingerprint density at radius 2 is 2.00 bits per heavy atom. The van der Waals surface area contributed by atoms with Gasteiger partial charge in [0.05, 0.1) is 0 Å². The fourth-order valence-electron chi connectivity index (χ4n) is 0.609. The molecule has 1 aromatic rings. The average Bonchev–Trinajstić information content (AvgIpc) is 1.82. The van der Waals surface area contributed by atoms with E-state index in [2.05, 4.69) is 15.0 Å². The van der Waals surface area contributed by atoms with Crippen molar-refractivity contribution < 1.29 is 13.2 Å². The van der Waals surface area contributed by atoms with Crippen LogP contribution < -0.4 is 5.73 Å². The molecule has 0 saturated carbocycles. The first-order chi connectivity index (χ1) is 5.47. The molecular formula is C5H5F3N4. The van der Waals surface area contributed by atoms with Crippen LogP contribution in [0.15, 0.2) is 6.33 Å². The van der Waals surface area contributed by atoms with E-state index in [4.69, 9.17) is 5.73 Å². The number of aromatic nitrogens is 3. The Morgan fingerprint density at radius 1 is 1.33 bits per heavy atom. The SMILES string of the molecule is Nc1ncnc(CC(F)(F)F)n1. The Balaban J connectivity index is 2.77. The summed E-state index contributed by atoms with van der Waals surface area (Å²) in [6.07, 6.45) is -4.54. The molecule has 0 aliphatic heterocycles. The summed E-state index contributed by atoms with van der Waals surface area (Å²) in [6, 6.07) is 0. The van der Waals surface area contributed by atoms with Gasteiger partial charge in [0.1, 0.15) is 18.6 Å². The van der Waals surface area contributed by atoms with Crippen LogP contribution in [0.4, 0.5) is 19.1 Å². The monoisotopic (exact) mass is 178 g/mol. The number of anilines is 1. The first kappa shape index (κ1) is 8.69. The highest BCUT2D eigenvalue weighted by atomic mass is 19.4. The predicted octanol–water partition coefficient (Wildman–Crippen LogP) is 0.559. The number of nitrogens with two attached hydrogens (primary N) is 1. The molecule has 1 heterocycles. The molecule has 0 aliphatic rings. The number of halogens is 3. The van der Waals surface area contributed by atoms with Crippen LogP contribution in [0, 0.1) is 0 Å². The predicted molar refractivity (Wildman–Crippen MR) is 34.0 cm³/mol. The van der Waals surface area contributed by atoms with Crippen molar-refractivity contribution in [2.75, 3.05) is 5.73 Å². The molecule has 0 aromatic carbocycles. The number of rotatable bonds is 1. The van der Waals surface area contributed by atoms with Gasteiger partial charge in [0.15, 0.2) is 0 Å². The molecular weight excluding hydrogens is 173 g/mol. The van der Waals surface area contributed by atoms with E-state index in [0.29, 0.717) is 0 Å². The van der Waals surface area contributed by atoms with Gasteiger partial charge in [-0.2, -0.15) is 18.2 Å². The summed E-state index contributed by atoms with van der Waals surface area (Å²) >= 11 is 0. The Morgan fingerprint density at radius 3 is 2.50 bits per heavy atom. The molecule has 2 N–H and O–H groups in total. The van der Waals surface area contributed by atoms with Gasteiger partial charge in [-0.1, -0.05) is 0 Å². The lowest BCUT2D eigenvalue weighted by molar-refractivity contribution is -0.128. The third-order valence-electron chi connectivity index (χ3n) is 0.999. The fraction of sp³-hybridized carbons (Fsp3) is 0.400. The van der Waals surface area contributed by atoms with Crippen molar-refractivity contribution in [1.82, 2.24) is 15.0 Å². The third kappa shape index (κ3) is 2.69. The maximum absolute atomic E-state index is 11.7. The van der Waals surface area contributed by atoms with Gasteiger partial charge in [-0.15, -0.1) is 0 Å². The molecule has 4 nitrogen and oxygen atoms in total.